The van der Waals surface area contributed by atoms with Crippen molar-refractivity contribution < 1.29 is 9.59 Å². The number of benzene rings is 1. The standard InChI is InChI=1S/C22H31Cl2N3O2/c1-22(2,3)10-19(28)26-16-9-15(11-25-12-16)21(29)27(17-7-8-17)13-14-5-4-6-18(23)20(14)24/h4-6,15-17,25H,7-13H2,1-3H3,(H,26,28). The Morgan fingerprint density at radius 1 is 1.21 bits per heavy atom. The summed E-state index contributed by atoms with van der Waals surface area (Å²) in [5, 5.41) is 7.45. The SMILES string of the molecule is CC(C)(C)CC(=O)NC1CNCC(C(=O)N(Cc2cccc(Cl)c2Cl)C2CC2)C1. The molecule has 1 saturated heterocycles. The van der Waals surface area contributed by atoms with E-state index in [4.69, 9.17) is 23.2 Å². The van der Waals surface area contributed by atoms with Gasteiger partial charge in [0.2, 0.25) is 11.8 Å². The van der Waals surface area contributed by atoms with Crippen LogP contribution in [0.2, 0.25) is 10.0 Å². The first-order chi connectivity index (χ1) is 13.6. The summed E-state index contributed by atoms with van der Waals surface area (Å²) in [5.74, 6) is 0.0233. The zero-order valence-corrected chi connectivity index (χ0v) is 18.9. The molecule has 1 heterocycles. The summed E-state index contributed by atoms with van der Waals surface area (Å²) in [4.78, 5) is 27.6. The molecule has 29 heavy (non-hydrogen) atoms. The van der Waals surface area contributed by atoms with E-state index in [2.05, 4.69) is 10.6 Å². The van der Waals surface area contributed by atoms with Crippen molar-refractivity contribution in [3.8, 4) is 0 Å². The molecule has 2 aliphatic rings. The van der Waals surface area contributed by atoms with Crippen LogP contribution in [0.5, 0.6) is 0 Å². The van der Waals surface area contributed by atoms with Crippen molar-refractivity contribution in [3.05, 3.63) is 33.8 Å². The number of carbonyl (C=O) groups is 2. The van der Waals surface area contributed by atoms with Crippen LogP contribution < -0.4 is 10.6 Å². The molecule has 2 N–H and O–H groups in total. The third kappa shape index (κ3) is 6.34. The molecule has 0 bridgehead atoms. The lowest BCUT2D eigenvalue weighted by molar-refractivity contribution is -0.138. The van der Waals surface area contributed by atoms with Crippen molar-refractivity contribution in [2.24, 2.45) is 11.3 Å². The monoisotopic (exact) mass is 439 g/mol. The van der Waals surface area contributed by atoms with Gasteiger partial charge in [0, 0.05) is 38.1 Å². The van der Waals surface area contributed by atoms with Crippen molar-refractivity contribution in [2.45, 2.75) is 65.1 Å². The first kappa shape index (κ1) is 22.4. The van der Waals surface area contributed by atoms with Crippen molar-refractivity contribution >= 4 is 35.0 Å². The maximum Gasteiger partial charge on any atom is 0.227 e. The molecule has 1 aromatic rings. The average molecular weight is 440 g/mol. The van der Waals surface area contributed by atoms with E-state index in [1.54, 1.807) is 6.07 Å². The molecule has 3 rings (SSSR count). The lowest BCUT2D eigenvalue weighted by atomic mass is 9.90. The highest BCUT2D eigenvalue weighted by atomic mass is 35.5. The van der Waals surface area contributed by atoms with E-state index >= 15 is 0 Å². The summed E-state index contributed by atoms with van der Waals surface area (Å²) < 4.78 is 0. The second-order valence-corrected chi connectivity index (χ2v) is 10.3. The minimum absolute atomic E-state index is 0.0247. The summed E-state index contributed by atoms with van der Waals surface area (Å²) in [5.41, 5.74) is 0.818. The third-order valence-corrected chi connectivity index (χ3v) is 6.26. The Balaban J connectivity index is 1.64. The van der Waals surface area contributed by atoms with Crippen molar-refractivity contribution in [1.29, 1.82) is 0 Å². The van der Waals surface area contributed by atoms with E-state index in [9.17, 15) is 9.59 Å². The zero-order valence-electron chi connectivity index (χ0n) is 17.4. The first-order valence-electron chi connectivity index (χ1n) is 10.4. The number of hydrogen-bond donors (Lipinski definition) is 2. The van der Waals surface area contributed by atoms with Crippen molar-refractivity contribution in [3.63, 3.8) is 0 Å². The average Bonchev–Trinajstić information content (AvgIpc) is 3.46. The Kier molecular flexibility index (Phi) is 7.13. The van der Waals surface area contributed by atoms with Crippen LogP contribution in [0.4, 0.5) is 0 Å². The highest BCUT2D eigenvalue weighted by molar-refractivity contribution is 6.42. The molecule has 1 aromatic carbocycles. The molecule has 2 unspecified atom stereocenters. The zero-order chi connectivity index (χ0) is 21.2. The lowest BCUT2D eigenvalue weighted by Gasteiger charge is -2.34. The number of halogens is 2. The maximum atomic E-state index is 13.3. The second-order valence-electron chi connectivity index (χ2n) is 9.50. The van der Waals surface area contributed by atoms with E-state index in [0.29, 0.717) is 42.5 Å². The van der Waals surface area contributed by atoms with Gasteiger partial charge in [0.1, 0.15) is 0 Å². The van der Waals surface area contributed by atoms with Gasteiger partial charge in [0.25, 0.3) is 0 Å². The van der Waals surface area contributed by atoms with E-state index < -0.39 is 0 Å². The Morgan fingerprint density at radius 2 is 1.93 bits per heavy atom. The molecule has 7 heteroatoms. The fourth-order valence-electron chi connectivity index (χ4n) is 3.86. The molecule has 0 spiro atoms. The maximum absolute atomic E-state index is 13.3. The number of piperidine rings is 1. The van der Waals surface area contributed by atoms with E-state index in [1.165, 1.54) is 0 Å². The molecule has 160 valence electrons. The Morgan fingerprint density at radius 3 is 2.59 bits per heavy atom. The van der Waals surface area contributed by atoms with Crippen molar-refractivity contribution in [1.82, 2.24) is 15.5 Å². The van der Waals surface area contributed by atoms with Gasteiger partial charge in [-0.1, -0.05) is 56.1 Å². The minimum Gasteiger partial charge on any atom is -0.352 e. The van der Waals surface area contributed by atoms with Gasteiger partial charge in [-0.2, -0.15) is 0 Å². The molecule has 0 radical (unpaired) electrons. The number of amides is 2. The van der Waals surface area contributed by atoms with Crippen LogP contribution in [-0.4, -0.2) is 41.9 Å². The highest BCUT2D eigenvalue weighted by Crippen LogP contribution is 2.33. The number of carbonyl (C=O) groups excluding carboxylic acids is 2. The van der Waals surface area contributed by atoms with Crippen LogP contribution in [-0.2, 0) is 16.1 Å². The predicted molar refractivity (Wildman–Crippen MR) is 117 cm³/mol. The van der Waals surface area contributed by atoms with E-state index in [-0.39, 0.29) is 35.2 Å². The van der Waals surface area contributed by atoms with Gasteiger partial charge < -0.3 is 15.5 Å². The largest absolute Gasteiger partial charge is 0.352 e. The Bertz CT molecular complexity index is 759. The number of hydrogen-bond acceptors (Lipinski definition) is 3. The summed E-state index contributed by atoms with van der Waals surface area (Å²) in [7, 11) is 0. The summed E-state index contributed by atoms with van der Waals surface area (Å²) in [6.07, 6.45) is 3.18. The van der Waals surface area contributed by atoms with Gasteiger partial charge in [-0.15, -0.1) is 0 Å². The van der Waals surface area contributed by atoms with Crippen LogP contribution >= 0.6 is 23.2 Å². The fraction of sp³-hybridized carbons (Fsp3) is 0.636. The number of nitrogens with one attached hydrogen (secondary N) is 2. The second kappa shape index (κ2) is 9.23. The Labute approximate surface area is 183 Å². The third-order valence-electron chi connectivity index (χ3n) is 5.40. The fourth-order valence-corrected chi connectivity index (χ4v) is 4.24. The molecule has 1 aliphatic heterocycles. The molecule has 0 aromatic heterocycles. The topological polar surface area (TPSA) is 61.4 Å². The summed E-state index contributed by atoms with van der Waals surface area (Å²) in [6.45, 7) is 7.95. The van der Waals surface area contributed by atoms with E-state index in [0.717, 1.165) is 18.4 Å². The van der Waals surface area contributed by atoms with Gasteiger partial charge in [-0.3, -0.25) is 9.59 Å². The quantitative estimate of drug-likeness (QED) is 0.703. The molecule has 1 aliphatic carbocycles. The number of nitrogens with zero attached hydrogens (tertiary/aromatic N) is 1. The Hall–Kier alpha value is -1.30. The molecule has 5 nitrogen and oxygen atoms in total. The summed E-state index contributed by atoms with van der Waals surface area (Å²) in [6, 6.07) is 5.79. The van der Waals surface area contributed by atoms with Gasteiger partial charge in [-0.05, 0) is 36.3 Å². The molecule has 2 fully saturated rings. The smallest absolute Gasteiger partial charge is 0.227 e. The minimum atomic E-state index is -0.151. The van der Waals surface area contributed by atoms with Crippen molar-refractivity contribution in [2.75, 3.05) is 13.1 Å². The molecule has 2 atom stereocenters. The van der Waals surface area contributed by atoms with Gasteiger partial charge in [-0.25, -0.2) is 0 Å². The molecule has 2 amide bonds. The highest BCUT2D eigenvalue weighted by Gasteiger charge is 2.38. The lowest BCUT2D eigenvalue weighted by Crippen LogP contribution is -2.53. The van der Waals surface area contributed by atoms with Crippen LogP contribution in [0.1, 0.15) is 52.0 Å². The molecular formula is C22H31Cl2N3O2. The van der Waals surface area contributed by atoms with Gasteiger partial charge in [0.15, 0.2) is 0 Å². The molecular weight excluding hydrogens is 409 g/mol. The first-order valence-corrected chi connectivity index (χ1v) is 11.1. The van der Waals surface area contributed by atoms with Gasteiger partial charge >= 0.3 is 0 Å². The number of rotatable bonds is 6. The van der Waals surface area contributed by atoms with Crippen LogP contribution in [0, 0.1) is 11.3 Å². The van der Waals surface area contributed by atoms with Gasteiger partial charge in [0.05, 0.1) is 16.0 Å². The van der Waals surface area contributed by atoms with E-state index in [1.807, 2.05) is 37.8 Å². The van der Waals surface area contributed by atoms with Crippen LogP contribution in [0.15, 0.2) is 18.2 Å². The van der Waals surface area contributed by atoms with Crippen LogP contribution in [0.3, 0.4) is 0 Å². The molecule has 1 saturated carbocycles. The normalized spacial score (nSPS) is 22.2. The summed E-state index contributed by atoms with van der Waals surface area (Å²) >= 11 is 12.5. The predicted octanol–water partition coefficient (Wildman–Crippen LogP) is 4.01. The van der Waals surface area contributed by atoms with Crippen LogP contribution in [0.25, 0.3) is 0 Å².